The van der Waals surface area contributed by atoms with E-state index in [-0.39, 0.29) is 35.7 Å². The molecular formula is C10H8O3. The molecule has 0 aliphatic heterocycles. The molecule has 0 fully saturated rings. The van der Waals surface area contributed by atoms with Crippen molar-refractivity contribution in [3.05, 3.63) is 29.3 Å². The number of aromatic hydroxyl groups is 1. The molecule has 2 rings (SSSR count). The number of phenolic OH excluding ortho intramolecular Hbond substituents is 1. The quantitative estimate of drug-likeness (QED) is 0.652. The van der Waals surface area contributed by atoms with Crippen molar-refractivity contribution in [3.8, 4) is 5.75 Å². The molecule has 0 saturated heterocycles. The van der Waals surface area contributed by atoms with Crippen LogP contribution in [0.1, 0.15) is 33.6 Å². The van der Waals surface area contributed by atoms with E-state index in [9.17, 15) is 14.7 Å². The molecule has 1 N–H and O–H groups in total. The number of hydrogen-bond acceptors (Lipinski definition) is 3. The standard InChI is InChI=1S/C10H8O3/c11-7-4-5-9(13)10-6(7)2-1-3-8(10)12/h1-3,12H,4-5H2. The lowest BCUT2D eigenvalue weighted by Gasteiger charge is -2.13. The van der Waals surface area contributed by atoms with Gasteiger partial charge in [0.1, 0.15) is 5.75 Å². The van der Waals surface area contributed by atoms with E-state index >= 15 is 0 Å². The summed E-state index contributed by atoms with van der Waals surface area (Å²) in [6, 6.07) is 4.58. The Labute approximate surface area is 75.0 Å². The van der Waals surface area contributed by atoms with Crippen LogP contribution in [0, 0.1) is 0 Å². The van der Waals surface area contributed by atoms with Crippen molar-refractivity contribution < 1.29 is 14.7 Å². The molecule has 0 spiro atoms. The Bertz CT molecular complexity index is 393. The zero-order chi connectivity index (χ0) is 9.42. The van der Waals surface area contributed by atoms with Gasteiger partial charge in [-0.2, -0.15) is 0 Å². The SMILES string of the molecule is O=C1CCC(=O)c2c(O)cccc21. The lowest BCUT2D eigenvalue weighted by atomic mass is 9.89. The zero-order valence-corrected chi connectivity index (χ0v) is 6.91. The summed E-state index contributed by atoms with van der Waals surface area (Å²) in [5.41, 5.74) is 0.551. The molecule has 3 heteroatoms. The largest absolute Gasteiger partial charge is 0.507 e. The molecule has 0 aromatic heterocycles. The molecule has 1 aromatic carbocycles. The van der Waals surface area contributed by atoms with Crippen LogP contribution in [0.5, 0.6) is 5.75 Å². The summed E-state index contributed by atoms with van der Waals surface area (Å²) < 4.78 is 0. The number of Topliss-reactive ketones (excluding diaryl/α,β-unsaturated/α-hetero) is 2. The fraction of sp³-hybridized carbons (Fsp3) is 0.200. The van der Waals surface area contributed by atoms with E-state index in [1.165, 1.54) is 6.07 Å². The summed E-state index contributed by atoms with van der Waals surface area (Å²) in [5, 5.41) is 9.37. The van der Waals surface area contributed by atoms with Gasteiger partial charge in [0, 0.05) is 18.4 Å². The third kappa shape index (κ3) is 1.13. The van der Waals surface area contributed by atoms with Crippen LogP contribution in [-0.4, -0.2) is 16.7 Å². The molecule has 1 aliphatic carbocycles. The number of ketones is 2. The molecule has 13 heavy (non-hydrogen) atoms. The highest BCUT2D eigenvalue weighted by Gasteiger charge is 2.25. The fourth-order valence-electron chi connectivity index (χ4n) is 1.55. The van der Waals surface area contributed by atoms with Crippen LogP contribution in [0.3, 0.4) is 0 Å². The maximum Gasteiger partial charge on any atom is 0.167 e. The molecule has 0 saturated carbocycles. The number of hydrogen-bond donors (Lipinski definition) is 1. The van der Waals surface area contributed by atoms with Crippen molar-refractivity contribution >= 4 is 11.6 Å². The first-order chi connectivity index (χ1) is 6.20. The van der Waals surface area contributed by atoms with E-state index in [1.54, 1.807) is 12.1 Å². The van der Waals surface area contributed by atoms with Crippen LogP contribution in [0.4, 0.5) is 0 Å². The summed E-state index contributed by atoms with van der Waals surface area (Å²) in [7, 11) is 0. The number of carbonyl (C=O) groups is 2. The molecule has 0 unspecified atom stereocenters. The zero-order valence-electron chi connectivity index (χ0n) is 6.91. The molecule has 0 atom stereocenters. The van der Waals surface area contributed by atoms with Crippen molar-refractivity contribution in [1.29, 1.82) is 0 Å². The first-order valence-electron chi connectivity index (χ1n) is 4.08. The molecule has 1 aliphatic rings. The van der Waals surface area contributed by atoms with E-state index in [4.69, 9.17) is 0 Å². The molecule has 3 nitrogen and oxygen atoms in total. The Morgan fingerprint density at radius 3 is 2.46 bits per heavy atom. The van der Waals surface area contributed by atoms with Crippen LogP contribution in [0.15, 0.2) is 18.2 Å². The van der Waals surface area contributed by atoms with Gasteiger partial charge in [0.15, 0.2) is 11.6 Å². The molecule has 0 amide bonds. The van der Waals surface area contributed by atoms with Gasteiger partial charge in [-0.15, -0.1) is 0 Å². The van der Waals surface area contributed by atoms with Gasteiger partial charge in [0.25, 0.3) is 0 Å². The number of fused-ring (bicyclic) bond motifs is 1. The third-order valence-electron chi connectivity index (χ3n) is 2.20. The van der Waals surface area contributed by atoms with Gasteiger partial charge in [0.05, 0.1) is 5.56 Å². The molecule has 66 valence electrons. The predicted molar refractivity (Wildman–Crippen MR) is 46.0 cm³/mol. The van der Waals surface area contributed by atoms with Gasteiger partial charge in [0.2, 0.25) is 0 Å². The first-order valence-corrected chi connectivity index (χ1v) is 4.08. The average molecular weight is 176 g/mol. The van der Waals surface area contributed by atoms with Gasteiger partial charge in [-0.05, 0) is 6.07 Å². The number of carbonyl (C=O) groups excluding carboxylic acids is 2. The molecular weight excluding hydrogens is 168 g/mol. The average Bonchev–Trinajstić information content (AvgIpc) is 2.12. The Morgan fingerprint density at radius 1 is 1.08 bits per heavy atom. The maximum absolute atomic E-state index is 11.3. The van der Waals surface area contributed by atoms with Crippen LogP contribution < -0.4 is 0 Å². The number of phenols is 1. The van der Waals surface area contributed by atoms with Gasteiger partial charge >= 0.3 is 0 Å². The first kappa shape index (κ1) is 7.98. The second-order valence-electron chi connectivity index (χ2n) is 3.05. The van der Waals surface area contributed by atoms with Gasteiger partial charge in [-0.3, -0.25) is 9.59 Å². The summed E-state index contributed by atoms with van der Waals surface area (Å²) in [4.78, 5) is 22.7. The lowest BCUT2D eigenvalue weighted by Crippen LogP contribution is -2.16. The van der Waals surface area contributed by atoms with Crippen molar-refractivity contribution in [2.75, 3.05) is 0 Å². The van der Waals surface area contributed by atoms with Crippen LogP contribution in [0.2, 0.25) is 0 Å². The minimum absolute atomic E-state index is 0.0644. The minimum atomic E-state index is -0.146. The Morgan fingerprint density at radius 2 is 1.77 bits per heavy atom. The Kier molecular flexibility index (Phi) is 1.65. The van der Waals surface area contributed by atoms with E-state index in [2.05, 4.69) is 0 Å². The van der Waals surface area contributed by atoms with Crippen LogP contribution in [-0.2, 0) is 0 Å². The Hall–Kier alpha value is -1.64. The maximum atomic E-state index is 11.3. The number of benzene rings is 1. The lowest BCUT2D eigenvalue weighted by molar-refractivity contribution is 0.0888. The minimum Gasteiger partial charge on any atom is -0.507 e. The smallest absolute Gasteiger partial charge is 0.167 e. The highest BCUT2D eigenvalue weighted by molar-refractivity contribution is 6.15. The summed E-state index contributed by atoms with van der Waals surface area (Å²) in [6.07, 6.45) is 0.471. The van der Waals surface area contributed by atoms with E-state index in [0.717, 1.165) is 0 Å². The van der Waals surface area contributed by atoms with E-state index < -0.39 is 0 Å². The predicted octanol–water partition coefficient (Wildman–Crippen LogP) is 1.55. The second-order valence-corrected chi connectivity index (χ2v) is 3.05. The highest BCUT2D eigenvalue weighted by Crippen LogP contribution is 2.28. The van der Waals surface area contributed by atoms with Crippen molar-refractivity contribution in [2.45, 2.75) is 12.8 Å². The summed E-state index contributed by atoms with van der Waals surface area (Å²) in [5.74, 6) is -0.297. The number of rotatable bonds is 0. The van der Waals surface area contributed by atoms with Crippen LogP contribution >= 0.6 is 0 Å². The molecule has 0 bridgehead atoms. The highest BCUT2D eigenvalue weighted by atomic mass is 16.3. The Balaban J connectivity index is 2.70. The summed E-state index contributed by atoms with van der Waals surface area (Å²) >= 11 is 0. The van der Waals surface area contributed by atoms with E-state index in [0.29, 0.717) is 5.56 Å². The summed E-state index contributed by atoms with van der Waals surface area (Å²) in [6.45, 7) is 0. The van der Waals surface area contributed by atoms with Crippen LogP contribution in [0.25, 0.3) is 0 Å². The van der Waals surface area contributed by atoms with Gasteiger partial charge < -0.3 is 5.11 Å². The van der Waals surface area contributed by atoms with Gasteiger partial charge in [-0.25, -0.2) is 0 Å². The van der Waals surface area contributed by atoms with E-state index in [1.807, 2.05) is 0 Å². The van der Waals surface area contributed by atoms with Gasteiger partial charge in [-0.1, -0.05) is 12.1 Å². The van der Waals surface area contributed by atoms with Crippen molar-refractivity contribution in [2.24, 2.45) is 0 Å². The molecule has 0 heterocycles. The topological polar surface area (TPSA) is 54.4 Å². The molecule has 1 aromatic rings. The molecule has 0 radical (unpaired) electrons. The van der Waals surface area contributed by atoms with Crippen molar-refractivity contribution in [3.63, 3.8) is 0 Å². The normalized spacial score (nSPS) is 15.7. The third-order valence-corrected chi connectivity index (χ3v) is 2.20. The second kappa shape index (κ2) is 2.69. The fourth-order valence-corrected chi connectivity index (χ4v) is 1.55. The monoisotopic (exact) mass is 176 g/mol. The van der Waals surface area contributed by atoms with Crippen molar-refractivity contribution in [1.82, 2.24) is 0 Å².